The fourth-order valence-corrected chi connectivity index (χ4v) is 0.843. The monoisotopic (exact) mass is 115 g/mol. The molecule has 0 unspecified atom stereocenters. The summed E-state index contributed by atoms with van der Waals surface area (Å²) in [4.78, 5) is 0. The molecule has 0 saturated carbocycles. The molecule has 9 heavy (non-hydrogen) atoms. The van der Waals surface area contributed by atoms with Gasteiger partial charge >= 0.3 is 52.7 Å². The van der Waals surface area contributed by atoms with Gasteiger partial charge in [-0.2, -0.15) is 0 Å². The molecule has 0 atom stereocenters. The van der Waals surface area contributed by atoms with Crippen molar-refractivity contribution in [1.82, 2.24) is 0 Å². The average Bonchev–Trinajstić information content (AvgIpc) is 2.33. The first-order valence-corrected chi connectivity index (χ1v) is 2.81. The molecule has 0 spiro atoms. The molecule has 0 amide bonds. The van der Waals surface area contributed by atoms with Crippen LogP contribution >= 0.6 is 0 Å². The molecular formula is C7H4BO. The third-order valence-electron chi connectivity index (χ3n) is 1.28. The summed E-state index contributed by atoms with van der Waals surface area (Å²) < 4.78 is 5.09. The van der Waals surface area contributed by atoms with E-state index < -0.39 is 0 Å². The molecular weight excluding hydrogens is 111 g/mol. The predicted octanol–water partition coefficient (Wildman–Crippen LogP) is 1.57. The van der Waals surface area contributed by atoms with Crippen LogP contribution in [0.25, 0.3) is 11.0 Å². The Morgan fingerprint density at radius 3 is 3.44 bits per heavy atom. The number of hydrogen-bond donors (Lipinski definition) is 0. The molecule has 1 aromatic heterocycles. The third kappa shape index (κ3) is 0.671. The molecule has 0 aliphatic carbocycles. The Hall–Kier alpha value is -1.05. The van der Waals surface area contributed by atoms with Crippen LogP contribution in [0.1, 0.15) is 0 Å². The fraction of sp³-hybridized carbons (Fsp3) is 0. The van der Waals surface area contributed by atoms with Crippen LogP contribution in [0.15, 0.2) is 28.5 Å². The molecule has 0 bridgehead atoms. The van der Waals surface area contributed by atoms with Crippen LogP contribution in [0.4, 0.5) is 0 Å². The van der Waals surface area contributed by atoms with E-state index in [1.807, 2.05) is 24.2 Å². The summed E-state index contributed by atoms with van der Waals surface area (Å²) in [5.41, 5.74) is 0.900. The van der Waals surface area contributed by atoms with E-state index >= 15 is 0 Å². The van der Waals surface area contributed by atoms with Crippen molar-refractivity contribution < 1.29 is 4.33 Å². The number of benzene rings is 1. The van der Waals surface area contributed by atoms with Gasteiger partial charge in [0.05, 0.1) is 0 Å². The molecule has 0 saturated heterocycles. The summed E-state index contributed by atoms with van der Waals surface area (Å²) >= 11 is 0. The van der Waals surface area contributed by atoms with Gasteiger partial charge in [0.2, 0.25) is 0 Å². The van der Waals surface area contributed by atoms with E-state index in [0.29, 0.717) is 0 Å². The Kier molecular flexibility index (Phi) is 0.920. The first-order valence-electron chi connectivity index (χ1n) is 2.81. The number of rotatable bonds is 0. The molecule has 2 rings (SSSR count). The van der Waals surface area contributed by atoms with Crippen molar-refractivity contribution in [2.75, 3.05) is 0 Å². The van der Waals surface area contributed by atoms with Gasteiger partial charge in [-0.1, -0.05) is 0 Å². The van der Waals surface area contributed by atoms with E-state index in [0.717, 1.165) is 11.0 Å². The second-order valence-corrected chi connectivity index (χ2v) is 1.87. The van der Waals surface area contributed by atoms with Gasteiger partial charge in [0.15, 0.2) is 0 Å². The van der Waals surface area contributed by atoms with Gasteiger partial charge < -0.3 is 0 Å². The van der Waals surface area contributed by atoms with Gasteiger partial charge in [-0.25, -0.2) is 0 Å². The van der Waals surface area contributed by atoms with Crippen molar-refractivity contribution in [3.8, 4) is 0 Å². The van der Waals surface area contributed by atoms with Crippen molar-refractivity contribution in [2.45, 2.75) is 0 Å². The Labute approximate surface area is 53.5 Å². The SMILES string of the molecule is b1cc2[c]cccc2o1. The van der Waals surface area contributed by atoms with E-state index in [4.69, 9.17) is 4.33 Å². The third-order valence-corrected chi connectivity index (χ3v) is 1.28. The van der Waals surface area contributed by atoms with Crippen molar-refractivity contribution in [3.63, 3.8) is 0 Å². The maximum atomic E-state index is 5.09. The summed E-state index contributed by atoms with van der Waals surface area (Å²) in [5, 5.41) is 1.04. The van der Waals surface area contributed by atoms with Crippen molar-refractivity contribution in [1.29, 1.82) is 0 Å². The summed E-state index contributed by atoms with van der Waals surface area (Å²) in [7, 11) is 1.67. The second-order valence-electron chi connectivity index (χ2n) is 1.87. The predicted molar refractivity (Wildman–Crippen MR) is 36.4 cm³/mol. The van der Waals surface area contributed by atoms with E-state index in [2.05, 4.69) is 6.07 Å². The van der Waals surface area contributed by atoms with Gasteiger partial charge in [0.25, 0.3) is 0 Å². The molecule has 0 N–H and O–H groups in total. The quantitative estimate of drug-likeness (QED) is 0.507. The number of fused-ring (bicyclic) bond motifs is 1. The Bertz CT molecular complexity index is 283. The Morgan fingerprint density at radius 1 is 1.56 bits per heavy atom. The average molecular weight is 115 g/mol. The van der Waals surface area contributed by atoms with Gasteiger partial charge in [-0.05, 0) is 0 Å². The Balaban J connectivity index is 2.95. The van der Waals surface area contributed by atoms with Crippen molar-refractivity contribution in [2.24, 2.45) is 0 Å². The zero-order valence-corrected chi connectivity index (χ0v) is 4.79. The van der Waals surface area contributed by atoms with Gasteiger partial charge in [0.1, 0.15) is 0 Å². The molecule has 41 valence electrons. The van der Waals surface area contributed by atoms with Crippen molar-refractivity contribution >= 4 is 18.1 Å². The molecule has 0 aliphatic rings. The summed E-state index contributed by atoms with van der Waals surface area (Å²) in [6.07, 6.45) is 0. The van der Waals surface area contributed by atoms with Crippen LogP contribution in [-0.2, 0) is 0 Å². The first-order chi connectivity index (χ1) is 4.47. The molecule has 1 nitrogen and oxygen atoms in total. The van der Waals surface area contributed by atoms with E-state index in [9.17, 15) is 0 Å². The minimum atomic E-state index is 0.900. The van der Waals surface area contributed by atoms with Gasteiger partial charge in [-0.15, -0.1) is 0 Å². The van der Waals surface area contributed by atoms with Crippen molar-refractivity contribution in [3.05, 3.63) is 30.2 Å². The molecule has 0 fully saturated rings. The second kappa shape index (κ2) is 1.73. The number of hydrogen-bond acceptors (Lipinski definition) is 1. The Morgan fingerprint density at radius 2 is 2.56 bits per heavy atom. The van der Waals surface area contributed by atoms with Crippen LogP contribution in [0.3, 0.4) is 0 Å². The van der Waals surface area contributed by atoms with E-state index in [-0.39, 0.29) is 0 Å². The molecule has 0 aliphatic heterocycles. The summed E-state index contributed by atoms with van der Waals surface area (Å²) in [5.74, 6) is 1.90. The normalized spacial score (nSPS) is 9.78. The molecule has 1 radical (unpaired) electrons. The standard InChI is InChI=1S/C7H4BO/c1-2-4-7-6(3-1)5-8-9-7/h1-2,4-5H. The van der Waals surface area contributed by atoms with Crippen LogP contribution in [0.2, 0.25) is 0 Å². The zero-order chi connectivity index (χ0) is 6.10. The molecule has 2 aromatic rings. The van der Waals surface area contributed by atoms with Crippen LogP contribution in [0, 0.1) is 6.07 Å². The fourth-order valence-electron chi connectivity index (χ4n) is 0.843. The summed E-state index contributed by atoms with van der Waals surface area (Å²) in [6, 6.07) is 8.74. The summed E-state index contributed by atoms with van der Waals surface area (Å²) in [6.45, 7) is 0. The molecule has 2 heteroatoms. The molecule has 1 aromatic carbocycles. The van der Waals surface area contributed by atoms with Gasteiger partial charge in [0, 0.05) is 0 Å². The molecule has 1 heterocycles. The maximum absolute atomic E-state index is 5.09. The van der Waals surface area contributed by atoms with Crippen LogP contribution in [0.5, 0.6) is 0 Å². The topological polar surface area (TPSA) is 13.1 Å². The van der Waals surface area contributed by atoms with E-state index in [1.165, 1.54) is 0 Å². The minimum absolute atomic E-state index is 0.900. The van der Waals surface area contributed by atoms with Crippen LogP contribution in [-0.4, -0.2) is 7.13 Å². The van der Waals surface area contributed by atoms with Crippen LogP contribution < -0.4 is 0 Å². The zero-order valence-electron chi connectivity index (χ0n) is 4.79. The van der Waals surface area contributed by atoms with E-state index in [1.54, 1.807) is 7.13 Å². The first kappa shape index (κ1) is 4.80. The van der Waals surface area contributed by atoms with Gasteiger partial charge in [-0.3, -0.25) is 0 Å².